The van der Waals surface area contributed by atoms with Gasteiger partial charge in [0.05, 0.1) is 12.3 Å². The number of anilines is 1. The van der Waals surface area contributed by atoms with E-state index in [9.17, 15) is 9.90 Å². The second-order valence-corrected chi connectivity index (χ2v) is 6.40. The summed E-state index contributed by atoms with van der Waals surface area (Å²) in [7, 11) is 0. The van der Waals surface area contributed by atoms with Gasteiger partial charge in [-0.1, -0.05) is 54.6 Å². The molecule has 0 heterocycles. The number of carbonyl (C=O) groups is 1. The number of hydrogen-bond donors (Lipinski definition) is 2. The van der Waals surface area contributed by atoms with Gasteiger partial charge in [-0.2, -0.15) is 0 Å². The van der Waals surface area contributed by atoms with Gasteiger partial charge in [-0.15, -0.1) is 0 Å². The fraction of sp³-hybridized carbons (Fsp3) is 0.250. The summed E-state index contributed by atoms with van der Waals surface area (Å²) < 4.78 is 5.29. The number of amides is 1. The van der Waals surface area contributed by atoms with E-state index in [0.29, 0.717) is 5.69 Å². The van der Waals surface area contributed by atoms with E-state index in [2.05, 4.69) is 5.32 Å². The topological polar surface area (TPSA) is 58.6 Å². The Morgan fingerprint density at radius 2 is 1.62 bits per heavy atom. The molecule has 2 aromatic carbocycles. The predicted octanol–water partition coefficient (Wildman–Crippen LogP) is 4.70. The molecule has 24 heavy (non-hydrogen) atoms. The second kappa shape index (κ2) is 7.79. The standard InChI is InChI=1S/C20H23NO3/c1-20(2,3)24-19(23)21-18-11-7-6-9-16(18)13-12-15-8-4-5-10-17(15)14-22/h4-13,22H,14H2,1-3H3,(H,21,23)/b13-12-. The van der Waals surface area contributed by atoms with Crippen molar-refractivity contribution >= 4 is 23.9 Å². The van der Waals surface area contributed by atoms with Crippen LogP contribution in [0.4, 0.5) is 10.5 Å². The van der Waals surface area contributed by atoms with Crippen LogP contribution in [0, 0.1) is 0 Å². The summed E-state index contributed by atoms with van der Waals surface area (Å²) in [5, 5.41) is 12.2. The number of rotatable bonds is 4. The van der Waals surface area contributed by atoms with Gasteiger partial charge in [-0.25, -0.2) is 4.79 Å². The molecule has 0 aliphatic heterocycles. The zero-order valence-corrected chi connectivity index (χ0v) is 14.2. The molecule has 0 saturated carbocycles. The van der Waals surface area contributed by atoms with Gasteiger partial charge < -0.3 is 9.84 Å². The Bertz CT molecular complexity index is 730. The van der Waals surface area contributed by atoms with E-state index < -0.39 is 11.7 Å². The van der Waals surface area contributed by atoms with E-state index in [0.717, 1.165) is 16.7 Å². The quantitative estimate of drug-likeness (QED) is 0.801. The Kier molecular flexibility index (Phi) is 5.77. The summed E-state index contributed by atoms with van der Waals surface area (Å²) in [5.74, 6) is 0. The van der Waals surface area contributed by atoms with Gasteiger partial charge in [-0.05, 0) is 43.5 Å². The minimum Gasteiger partial charge on any atom is -0.444 e. The lowest BCUT2D eigenvalue weighted by atomic mass is 10.1. The van der Waals surface area contributed by atoms with E-state index in [-0.39, 0.29) is 6.61 Å². The third-order valence-corrected chi connectivity index (χ3v) is 3.26. The highest BCUT2D eigenvalue weighted by molar-refractivity contribution is 5.89. The second-order valence-electron chi connectivity index (χ2n) is 6.40. The molecule has 4 nitrogen and oxygen atoms in total. The fourth-order valence-electron chi connectivity index (χ4n) is 2.19. The Morgan fingerprint density at radius 3 is 2.29 bits per heavy atom. The summed E-state index contributed by atoms with van der Waals surface area (Å²) in [6, 6.07) is 15.1. The largest absolute Gasteiger partial charge is 0.444 e. The number of ether oxygens (including phenoxy) is 1. The van der Waals surface area contributed by atoms with Crippen molar-refractivity contribution in [2.24, 2.45) is 0 Å². The Morgan fingerprint density at radius 1 is 1.04 bits per heavy atom. The average Bonchev–Trinajstić information content (AvgIpc) is 2.52. The van der Waals surface area contributed by atoms with E-state index >= 15 is 0 Å². The molecule has 2 N–H and O–H groups in total. The van der Waals surface area contributed by atoms with Gasteiger partial charge in [0.25, 0.3) is 0 Å². The van der Waals surface area contributed by atoms with Gasteiger partial charge in [-0.3, -0.25) is 5.32 Å². The number of aliphatic hydroxyl groups excluding tert-OH is 1. The smallest absolute Gasteiger partial charge is 0.412 e. The molecule has 0 fully saturated rings. The van der Waals surface area contributed by atoms with Crippen LogP contribution >= 0.6 is 0 Å². The normalized spacial score (nSPS) is 11.5. The molecular weight excluding hydrogens is 302 g/mol. The SMILES string of the molecule is CC(C)(C)OC(=O)Nc1ccccc1/C=C\c1ccccc1CO. The molecular formula is C20H23NO3. The molecule has 1 amide bonds. The first-order chi connectivity index (χ1) is 11.4. The Hall–Kier alpha value is -2.59. The van der Waals surface area contributed by atoms with Crippen LogP contribution in [0.2, 0.25) is 0 Å². The van der Waals surface area contributed by atoms with Crippen molar-refractivity contribution in [1.82, 2.24) is 0 Å². The van der Waals surface area contributed by atoms with E-state index in [1.54, 1.807) is 0 Å². The van der Waals surface area contributed by atoms with Crippen LogP contribution in [0.5, 0.6) is 0 Å². The summed E-state index contributed by atoms with van der Waals surface area (Å²) >= 11 is 0. The Labute approximate surface area is 142 Å². The summed E-state index contributed by atoms with van der Waals surface area (Å²) in [6.45, 7) is 5.46. The number of carbonyl (C=O) groups excluding carboxylic acids is 1. The molecule has 0 atom stereocenters. The van der Waals surface area contributed by atoms with Gasteiger partial charge >= 0.3 is 6.09 Å². The number of benzene rings is 2. The predicted molar refractivity (Wildman–Crippen MR) is 97.6 cm³/mol. The van der Waals surface area contributed by atoms with Gasteiger partial charge in [0.2, 0.25) is 0 Å². The molecule has 0 spiro atoms. The van der Waals surface area contributed by atoms with Gasteiger partial charge in [0, 0.05) is 0 Å². The van der Waals surface area contributed by atoms with Crippen molar-refractivity contribution in [3.05, 3.63) is 65.2 Å². The summed E-state index contributed by atoms with van der Waals surface area (Å²) in [5.41, 5.74) is 2.77. The third-order valence-electron chi connectivity index (χ3n) is 3.26. The van der Waals surface area contributed by atoms with Crippen LogP contribution in [-0.4, -0.2) is 16.8 Å². The lowest BCUT2D eigenvalue weighted by molar-refractivity contribution is 0.0636. The number of nitrogens with one attached hydrogen (secondary N) is 1. The highest BCUT2D eigenvalue weighted by atomic mass is 16.6. The van der Waals surface area contributed by atoms with Crippen LogP contribution in [0.3, 0.4) is 0 Å². The molecule has 126 valence electrons. The first kappa shape index (κ1) is 17.8. The van der Waals surface area contributed by atoms with Gasteiger partial charge in [0.15, 0.2) is 0 Å². The van der Waals surface area contributed by atoms with E-state index in [1.165, 1.54) is 0 Å². The monoisotopic (exact) mass is 325 g/mol. The maximum Gasteiger partial charge on any atom is 0.412 e. The van der Waals surface area contributed by atoms with Crippen LogP contribution in [-0.2, 0) is 11.3 Å². The number of aliphatic hydroxyl groups is 1. The molecule has 4 heteroatoms. The zero-order valence-electron chi connectivity index (χ0n) is 14.2. The molecule has 0 radical (unpaired) electrons. The molecule has 0 aliphatic carbocycles. The maximum absolute atomic E-state index is 12.0. The van der Waals surface area contributed by atoms with E-state index in [1.807, 2.05) is 81.5 Å². The highest BCUT2D eigenvalue weighted by Crippen LogP contribution is 2.20. The molecule has 2 rings (SSSR count). The van der Waals surface area contributed by atoms with Crippen molar-refractivity contribution in [3.8, 4) is 0 Å². The number of hydrogen-bond acceptors (Lipinski definition) is 3. The summed E-state index contributed by atoms with van der Waals surface area (Å²) in [6.07, 6.45) is 3.33. The first-order valence-electron chi connectivity index (χ1n) is 7.85. The van der Waals surface area contributed by atoms with Crippen LogP contribution < -0.4 is 5.32 Å². The van der Waals surface area contributed by atoms with Crippen LogP contribution in [0.25, 0.3) is 12.2 Å². The van der Waals surface area contributed by atoms with Crippen LogP contribution in [0.15, 0.2) is 48.5 Å². The van der Waals surface area contributed by atoms with E-state index in [4.69, 9.17) is 4.74 Å². The third kappa shape index (κ3) is 5.25. The molecule has 2 aromatic rings. The van der Waals surface area contributed by atoms with Crippen molar-refractivity contribution in [1.29, 1.82) is 0 Å². The number of para-hydroxylation sites is 1. The van der Waals surface area contributed by atoms with Gasteiger partial charge in [0.1, 0.15) is 5.60 Å². The van der Waals surface area contributed by atoms with Crippen molar-refractivity contribution in [2.75, 3.05) is 5.32 Å². The Balaban J connectivity index is 2.20. The van der Waals surface area contributed by atoms with Crippen molar-refractivity contribution in [2.45, 2.75) is 33.0 Å². The van der Waals surface area contributed by atoms with Crippen LogP contribution in [0.1, 0.15) is 37.5 Å². The minimum atomic E-state index is -0.547. The lowest BCUT2D eigenvalue weighted by Gasteiger charge is -2.20. The summed E-state index contributed by atoms with van der Waals surface area (Å²) in [4.78, 5) is 12.0. The molecule has 0 unspecified atom stereocenters. The molecule has 0 bridgehead atoms. The van der Waals surface area contributed by atoms with Crippen molar-refractivity contribution in [3.63, 3.8) is 0 Å². The average molecular weight is 325 g/mol. The zero-order chi connectivity index (χ0) is 17.6. The fourth-order valence-corrected chi connectivity index (χ4v) is 2.19. The molecule has 0 aromatic heterocycles. The molecule has 0 aliphatic rings. The highest BCUT2D eigenvalue weighted by Gasteiger charge is 2.16. The minimum absolute atomic E-state index is 0.0156. The molecule has 0 saturated heterocycles. The first-order valence-corrected chi connectivity index (χ1v) is 7.85. The van der Waals surface area contributed by atoms with Crippen molar-refractivity contribution < 1.29 is 14.6 Å². The lowest BCUT2D eigenvalue weighted by Crippen LogP contribution is -2.27. The maximum atomic E-state index is 12.0.